The molecule has 0 aliphatic carbocycles. The number of carbonyl (C=O) groups is 1. The van der Waals surface area contributed by atoms with E-state index in [2.05, 4.69) is 20.6 Å². The fourth-order valence-electron chi connectivity index (χ4n) is 2.82. The number of ether oxygens (including phenoxy) is 1. The largest absolute Gasteiger partial charge is 0.462 e. The predicted octanol–water partition coefficient (Wildman–Crippen LogP) is 3.52. The summed E-state index contributed by atoms with van der Waals surface area (Å²) < 4.78 is 18.4. The SMILES string of the molecule is CCOC(=O)c1sc(C(C)NC(=NC)NCCCN(C)c2cccc(F)c2)nc1C. The third-order valence-electron chi connectivity index (χ3n) is 4.43. The van der Waals surface area contributed by atoms with E-state index in [9.17, 15) is 9.18 Å². The summed E-state index contributed by atoms with van der Waals surface area (Å²) in [4.78, 5) is 23.3. The van der Waals surface area contributed by atoms with E-state index in [0.29, 0.717) is 29.7 Å². The second-order valence-electron chi connectivity index (χ2n) is 6.81. The number of guanidine groups is 1. The number of hydrogen-bond acceptors (Lipinski definition) is 6. The smallest absolute Gasteiger partial charge is 0.350 e. The summed E-state index contributed by atoms with van der Waals surface area (Å²) in [6, 6.07) is 6.45. The van der Waals surface area contributed by atoms with Crippen molar-refractivity contribution in [1.29, 1.82) is 0 Å². The zero-order valence-corrected chi connectivity index (χ0v) is 19.0. The Morgan fingerprint density at radius 2 is 2.20 bits per heavy atom. The number of rotatable bonds is 9. The summed E-state index contributed by atoms with van der Waals surface area (Å²) in [5, 5.41) is 7.37. The van der Waals surface area contributed by atoms with Gasteiger partial charge < -0.3 is 20.3 Å². The Balaban J connectivity index is 1.83. The Hall–Kier alpha value is -2.68. The molecule has 0 aliphatic rings. The number of esters is 1. The van der Waals surface area contributed by atoms with Crippen molar-refractivity contribution >= 4 is 29.0 Å². The second-order valence-corrected chi connectivity index (χ2v) is 7.84. The molecule has 1 aromatic carbocycles. The highest BCUT2D eigenvalue weighted by molar-refractivity contribution is 7.13. The molecule has 164 valence electrons. The zero-order chi connectivity index (χ0) is 22.1. The minimum atomic E-state index is -0.337. The third kappa shape index (κ3) is 6.69. The van der Waals surface area contributed by atoms with Crippen LogP contribution in [0.5, 0.6) is 0 Å². The quantitative estimate of drug-likeness (QED) is 0.272. The van der Waals surface area contributed by atoms with Gasteiger partial charge in [-0.15, -0.1) is 11.3 Å². The first-order valence-corrected chi connectivity index (χ1v) is 10.8. The maximum atomic E-state index is 13.3. The van der Waals surface area contributed by atoms with Gasteiger partial charge in [0.05, 0.1) is 18.3 Å². The fourth-order valence-corrected chi connectivity index (χ4v) is 3.78. The first kappa shape index (κ1) is 23.6. The van der Waals surface area contributed by atoms with Crippen LogP contribution in [0.4, 0.5) is 10.1 Å². The maximum absolute atomic E-state index is 13.3. The van der Waals surface area contributed by atoms with Crippen LogP contribution in [0.25, 0.3) is 0 Å². The molecule has 30 heavy (non-hydrogen) atoms. The van der Waals surface area contributed by atoms with Crippen LogP contribution in [0.15, 0.2) is 29.3 Å². The molecule has 0 saturated carbocycles. The molecule has 1 heterocycles. The van der Waals surface area contributed by atoms with E-state index in [1.165, 1.54) is 23.5 Å². The van der Waals surface area contributed by atoms with Crippen LogP contribution in [0, 0.1) is 12.7 Å². The normalized spacial score (nSPS) is 12.4. The summed E-state index contributed by atoms with van der Waals surface area (Å²) in [7, 11) is 3.65. The monoisotopic (exact) mass is 435 g/mol. The van der Waals surface area contributed by atoms with Crippen LogP contribution in [0.2, 0.25) is 0 Å². The highest BCUT2D eigenvalue weighted by atomic mass is 32.1. The molecule has 9 heteroatoms. The average molecular weight is 436 g/mol. The molecule has 2 rings (SSSR count). The number of nitrogens with one attached hydrogen (secondary N) is 2. The summed E-state index contributed by atoms with van der Waals surface area (Å²) in [6.07, 6.45) is 0.853. The lowest BCUT2D eigenvalue weighted by Crippen LogP contribution is -2.39. The molecule has 2 N–H and O–H groups in total. The Kier molecular flexibility index (Phi) is 9.04. The van der Waals surface area contributed by atoms with Crippen molar-refractivity contribution < 1.29 is 13.9 Å². The average Bonchev–Trinajstić information content (AvgIpc) is 3.12. The molecule has 1 aromatic heterocycles. The van der Waals surface area contributed by atoms with Crippen LogP contribution in [-0.4, -0.2) is 50.7 Å². The lowest BCUT2D eigenvalue weighted by molar-refractivity contribution is 0.0531. The lowest BCUT2D eigenvalue weighted by atomic mass is 10.2. The third-order valence-corrected chi connectivity index (χ3v) is 5.75. The zero-order valence-electron chi connectivity index (χ0n) is 18.2. The van der Waals surface area contributed by atoms with Crippen LogP contribution in [0.1, 0.15) is 46.7 Å². The van der Waals surface area contributed by atoms with E-state index in [1.807, 2.05) is 24.9 Å². The molecule has 2 aromatic rings. The van der Waals surface area contributed by atoms with Gasteiger partial charge in [-0.1, -0.05) is 6.07 Å². The number of aromatic nitrogens is 1. The van der Waals surface area contributed by atoms with Gasteiger partial charge in [-0.2, -0.15) is 0 Å². The molecule has 0 fully saturated rings. The maximum Gasteiger partial charge on any atom is 0.350 e. The summed E-state index contributed by atoms with van der Waals surface area (Å²) in [5.41, 5.74) is 1.52. The molecular weight excluding hydrogens is 405 g/mol. The van der Waals surface area contributed by atoms with Gasteiger partial charge in [0.1, 0.15) is 15.7 Å². The van der Waals surface area contributed by atoms with Gasteiger partial charge in [-0.05, 0) is 45.4 Å². The molecule has 0 aliphatic heterocycles. The second kappa shape index (κ2) is 11.5. The standard InChI is InChI=1S/C21H30FN5O2S/c1-6-29-20(28)18-14(2)25-19(30-18)15(3)26-21(23-4)24-11-8-12-27(5)17-10-7-9-16(22)13-17/h7,9-10,13,15H,6,8,11-12H2,1-5H3,(H2,23,24,26). The topological polar surface area (TPSA) is 78.8 Å². The van der Waals surface area contributed by atoms with Crippen LogP contribution < -0.4 is 15.5 Å². The van der Waals surface area contributed by atoms with Crippen molar-refractivity contribution in [3.05, 3.63) is 45.7 Å². The first-order chi connectivity index (χ1) is 14.3. The molecule has 0 amide bonds. The van der Waals surface area contributed by atoms with Crippen molar-refractivity contribution in [3.63, 3.8) is 0 Å². The van der Waals surface area contributed by atoms with Gasteiger partial charge in [0.15, 0.2) is 5.96 Å². The van der Waals surface area contributed by atoms with Crippen molar-refractivity contribution in [2.45, 2.75) is 33.2 Å². The number of halogens is 1. The number of anilines is 1. The summed E-state index contributed by atoms with van der Waals surface area (Å²) >= 11 is 1.33. The van der Waals surface area contributed by atoms with Gasteiger partial charge in [-0.25, -0.2) is 14.2 Å². The summed E-state index contributed by atoms with van der Waals surface area (Å²) in [5.74, 6) is 0.0805. The molecule has 1 atom stereocenters. The van der Waals surface area contributed by atoms with E-state index < -0.39 is 0 Å². The van der Waals surface area contributed by atoms with E-state index in [0.717, 1.165) is 23.7 Å². The van der Waals surface area contributed by atoms with Crippen molar-refractivity contribution in [2.75, 3.05) is 38.7 Å². The number of thiazole rings is 1. The van der Waals surface area contributed by atoms with Gasteiger partial charge in [0, 0.05) is 32.9 Å². The number of aliphatic imine (C=N–C) groups is 1. The molecular formula is C21H30FN5O2S. The van der Waals surface area contributed by atoms with E-state index in [1.54, 1.807) is 27.0 Å². The van der Waals surface area contributed by atoms with Gasteiger partial charge >= 0.3 is 5.97 Å². The minimum Gasteiger partial charge on any atom is -0.462 e. The lowest BCUT2D eigenvalue weighted by Gasteiger charge is -2.20. The Labute approximate surface area is 181 Å². The number of aryl methyl sites for hydroxylation is 1. The van der Waals surface area contributed by atoms with Crippen LogP contribution in [0.3, 0.4) is 0 Å². The van der Waals surface area contributed by atoms with E-state index >= 15 is 0 Å². The first-order valence-electron chi connectivity index (χ1n) is 9.94. The molecule has 0 spiro atoms. The number of carbonyl (C=O) groups excluding carboxylic acids is 1. The van der Waals surface area contributed by atoms with Gasteiger partial charge in [0.2, 0.25) is 0 Å². The molecule has 0 radical (unpaired) electrons. The van der Waals surface area contributed by atoms with Crippen molar-refractivity contribution in [1.82, 2.24) is 15.6 Å². The minimum absolute atomic E-state index is 0.113. The fraction of sp³-hybridized carbons (Fsp3) is 0.476. The van der Waals surface area contributed by atoms with Crippen molar-refractivity contribution in [2.24, 2.45) is 4.99 Å². The number of benzene rings is 1. The Morgan fingerprint density at radius 1 is 1.43 bits per heavy atom. The van der Waals surface area contributed by atoms with Gasteiger partial charge in [-0.3, -0.25) is 4.99 Å². The van der Waals surface area contributed by atoms with Crippen LogP contribution in [-0.2, 0) is 4.74 Å². The number of hydrogen-bond donors (Lipinski definition) is 2. The Morgan fingerprint density at radius 3 is 2.87 bits per heavy atom. The Bertz CT molecular complexity index is 871. The number of nitrogens with zero attached hydrogens (tertiary/aromatic N) is 3. The highest BCUT2D eigenvalue weighted by Crippen LogP contribution is 2.24. The molecule has 0 bridgehead atoms. The predicted molar refractivity (Wildman–Crippen MR) is 120 cm³/mol. The van der Waals surface area contributed by atoms with Gasteiger partial charge in [0.25, 0.3) is 0 Å². The van der Waals surface area contributed by atoms with Crippen molar-refractivity contribution in [3.8, 4) is 0 Å². The molecule has 7 nitrogen and oxygen atoms in total. The van der Waals surface area contributed by atoms with Crippen LogP contribution >= 0.6 is 11.3 Å². The van der Waals surface area contributed by atoms with E-state index in [-0.39, 0.29) is 17.8 Å². The summed E-state index contributed by atoms with van der Waals surface area (Å²) in [6.45, 7) is 7.38. The molecule has 0 saturated heterocycles. The highest BCUT2D eigenvalue weighted by Gasteiger charge is 2.20. The molecule has 1 unspecified atom stereocenters. The van der Waals surface area contributed by atoms with E-state index in [4.69, 9.17) is 4.74 Å².